The SMILES string of the molecule is Nc1ncnc2c1ncn2[C@@H]1O[C@H](CO)[C@@H](OCCCNC(=O)C(F)(F)F)[C@H]1O. The van der Waals surface area contributed by atoms with Crippen molar-refractivity contribution in [1.29, 1.82) is 0 Å². The van der Waals surface area contributed by atoms with Crippen molar-refractivity contribution in [3.05, 3.63) is 12.7 Å². The molecule has 29 heavy (non-hydrogen) atoms. The fraction of sp³-hybridized carbons (Fsp3) is 0.600. The number of halogens is 3. The summed E-state index contributed by atoms with van der Waals surface area (Å²) in [6.07, 6.45) is -6.38. The Kier molecular flexibility index (Phi) is 6.16. The van der Waals surface area contributed by atoms with Gasteiger partial charge in [0.05, 0.1) is 12.9 Å². The Balaban J connectivity index is 1.60. The molecule has 1 amide bonds. The largest absolute Gasteiger partial charge is 0.471 e. The Morgan fingerprint density at radius 3 is 2.83 bits per heavy atom. The van der Waals surface area contributed by atoms with Gasteiger partial charge in [-0.25, -0.2) is 15.0 Å². The molecular weight excluding hydrogens is 401 g/mol. The summed E-state index contributed by atoms with van der Waals surface area (Å²) >= 11 is 0. The minimum Gasteiger partial charge on any atom is -0.394 e. The highest BCUT2D eigenvalue weighted by molar-refractivity contribution is 5.81. The number of alkyl halides is 3. The lowest BCUT2D eigenvalue weighted by atomic mass is 10.1. The number of nitrogens with two attached hydrogens (primary N) is 1. The quantitative estimate of drug-likeness (QED) is 0.417. The highest BCUT2D eigenvalue weighted by Crippen LogP contribution is 2.33. The summed E-state index contributed by atoms with van der Waals surface area (Å²) in [5.74, 6) is -1.89. The van der Waals surface area contributed by atoms with E-state index in [1.54, 1.807) is 5.32 Å². The second-order valence-electron chi connectivity index (χ2n) is 6.26. The van der Waals surface area contributed by atoms with Crippen LogP contribution in [0.15, 0.2) is 12.7 Å². The van der Waals surface area contributed by atoms with Crippen molar-refractivity contribution in [3.63, 3.8) is 0 Å². The van der Waals surface area contributed by atoms with Crippen LogP contribution >= 0.6 is 0 Å². The lowest BCUT2D eigenvalue weighted by molar-refractivity contribution is -0.173. The number of aromatic nitrogens is 4. The lowest BCUT2D eigenvalue weighted by Gasteiger charge is -2.20. The van der Waals surface area contributed by atoms with Crippen LogP contribution in [0.1, 0.15) is 12.6 Å². The predicted octanol–water partition coefficient (Wildman–Crippen LogP) is -0.887. The number of anilines is 1. The van der Waals surface area contributed by atoms with Gasteiger partial charge in [-0.1, -0.05) is 0 Å². The molecule has 0 unspecified atom stereocenters. The monoisotopic (exact) mass is 420 g/mol. The second-order valence-corrected chi connectivity index (χ2v) is 6.26. The fourth-order valence-corrected chi connectivity index (χ4v) is 2.95. The number of nitrogens with zero attached hydrogens (tertiary/aromatic N) is 4. The summed E-state index contributed by atoms with van der Waals surface area (Å²) in [5, 5.41) is 21.8. The van der Waals surface area contributed by atoms with Crippen LogP contribution < -0.4 is 11.1 Å². The molecule has 0 aliphatic carbocycles. The van der Waals surface area contributed by atoms with E-state index in [0.29, 0.717) is 11.2 Å². The maximum atomic E-state index is 12.1. The van der Waals surface area contributed by atoms with E-state index >= 15 is 0 Å². The zero-order valence-electron chi connectivity index (χ0n) is 14.9. The molecule has 2 aromatic heterocycles. The minimum atomic E-state index is -4.95. The first-order chi connectivity index (χ1) is 13.7. The van der Waals surface area contributed by atoms with Crippen LogP contribution in [0.2, 0.25) is 0 Å². The third-order valence-corrected chi connectivity index (χ3v) is 4.33. The highest BCUT2D eigenvalue weighted by atomic mass is 19.4. The molecule has 5 N–H and O–H groups in total. The van der Waals surface area contributed by atoms with Crippen LogP contribution in [0.3, 0.4) is 0 Å². The number of nitrogen functional groups attached to an aromatic ring is 1. The van der Waals surface area contributed by atoms with Crippen molar-refractivity contribution in [2.45, 2.75) is 37.1 Å². The van der Waals surface area contributed by atoms with Gasteiger partial charge in [0.2, 0.25) is 0 Å². The molecule has 3 rings (SSSR count). The van der Waals surface area contributed by atoms with Crippen molar-refractivity contribution >= 4 is 22.9 Å². The van der Waals surface area contributed by atoms with Gasteiger partial charge in [-0.2, -0.15) is 13.2 Å². The Bertz CT molecular complexity index is 863. The van der Waals surface area contributed by atoms with Gasteiger partial charge in [0.1, 0.15) is 30.2 Å². The first kappa shape index (κ1) is 21.2. The van der Waals surface area contributed by atoms with Gasteiger partial charge in [-0.3, -0.25) is 9.36 Å². The van der Waals surface area contributed by atoms with Gasteiger partial charge >= 0.3 is 12.1 Å². The second kappa shape index (κ2) is 8.44. The molecule has 11 nitrogen and oxygen atoms in total. The van der Waals surface area contributed by atoms with Gasteiger partial charge in [0.25, 0.3) is 0 Å². The fourth-order valence-electron chi connectivity index (χ4n) is 2.95. The number of aliphatic hydroxyl groups is 2. The molecule has 3 heterocycles. The average Bonchev–Trinajstić information content (AvgIpc) is 3.22. The number of carbonyl (C=O) groups excluding carboxylic acids is 1. The van der Waals surface area contributed by atoms with Crippen molar-refractivity contribution in [1.82, 2.24) is 24.8 Å². The van der Waals surface area contributed by atoms with Gasteiger partial charge in [-0.05, 0) is 6.42 Å². The molecule has 0 saturated carbocycles. The Labute approximate surface area is 161 Å². The van der Waals surface area contributed by atoms with Crippen molar-refractivity contribution < 1.29 is 37.7 Å². The van der Waals surface area contributed by atoms with E-state index in [2.05, 4.69) is 15.0 Å². The zero-order valence-corrected chi connectivity index (χ0v) is 14.9. The van der Waals surface area contributed by atoms with Crippen molar-refractivity contribution in [3.8, 4) is 0 Å². The van der Waals surface area contributed by atoms with Gasteiger partial charge in [0, 0.05) is 13.2 Å². The maximum absolute atomic E-state index is 12.1. The van der Waals surface area contributed by atoms with Crippen LogP contribution in [0.25, 0.3) is 11.2 Å². The lowest BCUT2D eigenvalue weighted by Crippen LogP contribution is -2.39. The maximum Gasteiger partial charge on any atom is 0.471 e. The van der Waals surface area contributed by atoms with Crippen LogP contribution in [0, 0.1) is 0 Å². The standard InChI is InChI=1S/C15H19F3N6O5/c16-15(17,18)14(27)20-2-1-3-28-10-7(4-25)29-13(9(10)26)24-6-23-8-11(19)21-5-22-12(8)24/h5-7,9-10,13,25-26H,1-4H2,(H,20,27)(H2,19,21,22)/t7-,9-,10-,13-/m1/s1. The summed E-state index contributed by atoms with van der Waals surface area (Å²) in [5.41, 5.74) is 6.36. The van der Waals surface area contributed by atoms with E-state index in [1.807, 2.05) is 0 Å². The number of hydrogen-bond acceptors (Lipinski definition) is 9. The molecule has 0 spiro atoms. The number of fused-ring (bicyclic) bond motifs is 1. The minimum absolute atomic E-state index is 0.0611. The molecule has 0 aromatic carbocycles. The summed E-state index contributed by atoms with van der Waals surface area (Å²) < 4.78 is 48.9. The van der Waals surface area contributed by atoms with Crippen molar-refractivity contribution in [2.75, 3.05) is 25.5 Å². The highest BCUT2D eigenvalue weighted by Gasteiger charge is 2.45. The molecule has 0 bridgehead atoms. The first-order valence-corrected chi connectivity index (χ1v) is 8.58. The number of aliphatic hydroxyl groups excluding tert-OH is 2. The molecule has 1 saturated heterocycles. The predicted molar refractivity (Wildman–Crippen MR) is 90.2 cm³/mol. The van der Waals surface area contributed by atoms with Crippen LogP contribution in [0.4, 0.5) is 19.0 Å². The molecular formula is C15H19F3N6O5. The van der Waals surface area contributed by atoms with Crippen LogP contribution in [-0.4, -0.2) is 79.9 Å². The third-order valence-electron chi connectivity index (χ3n) is 4.33. The number of carbonyl (C=O) groups is 1. The van der Waals surface area contributed by atoms with Crippen LogP contribution in [-0.2, 0) is 14.3 Å². The molecule has 1 aliphatic rings. The van der Waals surface area contributed by atoms with E-state index in [4.69, 9.17) is 15.2 Å². The summed E-state index contributed by atoms with van der Waals surface area (Å²) in [4.78, 5) is 22.7. The Hall–Kier alpha value is -2.55. The molecule has 160 valence electrons. The molecule has 1 aliphatic heterocycles. The van der Waals surface area contributed by atoms with E-state index in [9.17, 15) is 28.2 Å². The van der Waals surface area contributed by atoms with E-state index in [0.717, 1.165) is 0 Å². The zero-order chi connectivity index (χ0) is 21.2. The molecule has 2 aromatic rings. The van der Waals surface area contributed by atoms with E-state index < -0.39 is 43.2 Å². The number of hydrogen-bond donors (Lipinski definition) is 4. The van der Waals surface area contributed by atoms with Gasteiger partial charge < -0.3 is 30.7 Å². The van der Waals surface area contributed by atoms with E-state index in [-0.39, 0.29) is 25.4 Å². The number of rotatable bonds is 7. The molecule has 4 atom stereocenters. The number of nitrogens with one attached hydrogen (secondary N) is 1. The summed E-state index contributed by atoms with van der Waals surface area (Å²) in [6, 6.07) is 0. The third kappa shape index (κ3) is 4.39. The van der Waals surface area contributed by atoms with Gasteiger partial charge in [-0.15, -0.1) is 0 Å². The van der Waals surface area contributed by atoms with Gasteiger partial charge in [0.15, 0.2) is 17.7 Å². The van der Waals surface area contributed by atoms with Crippen molar-refractivity contribution in [2.24, 2.45) is 0 Å². The molecule has 14 heteroatoms. The Morgan fingerprint density at radius 2 is 2.14 bits per heavy atom. The summed E-state index contributed by atoms with van der Waals surface area (Å²) in [6.45, 7) is -0.809. The first-order valence-electron chi connectivity index (χ1n) is 8.58. The number of amides is 1. The normalized spacial score (nSPS) is 24.9. The Morgan fingerprint density at radius 1 is 1.38 bits per heavy atom. The summed E-state index contributed by atoms with van der Waals surface area (Å²) in [7, 11) is 0. The number of imidazole rings is 1. The smallest absolute Gasteiger partial charge is 0.394 e. The molecule has 0 radical (unpaired) electrons. The molecule has 1 fully saturated rings. The van der Waals surface area contributed by atoms with Crippen LogP contribution in [0.5, 0.6) is 0 Å². The topological polar surface area (TPSA) is 158 Å². The number of ether oxygens (including phenoxy) is 2. The van der Waals surface area contributed by atoms with E-state index in [1.165, 1.54) is 17.2 Å². The average molecular weight is 420 g/mol.